The van der Waals surface area contributed by atoms with Gasteiger partial charge in [-0.05, 0) is 22.8 Å². The highest BCUT2D eigenvalue weighted by molar-refractivity contribution is 5.37. The molecule has 2 aromatic carbocycles. The molecule has 3 heteroatoms. The van der Waals surface area contributed by atoms with E-state index in [-0.39, 0.29) is 6.10 Å². The fourth-order valence-electron chi connectivity index (χ4n) is 2.76. The molecule has 1 heterocycles. The molecule has 0 spiro atoms. The lowest BCUT2D eigenvalue weighted by atomic mass is 10.1. The van der Waals surface area contributed by atoms with E-state index in [0.717, 1.165) is 25.3 Å². The van der Waals surface area contributed by atoms with Gasteiger partial charge in [-0.2, -0.15) is 0 Å². The van der Waals surface area contributed by atoms with Crippen molar-refractivity contribution < 1.29 is 9.47 Å². The van der Waals surface area contributed by atoms with Crippen LogP contribution in [0, 0.1) is 0 Å². The highest BCUT2D eigenvalue weighted by Crippen LogP contribution is 2.27. The van der Waals surface area contributed by atoms with Crippen molar-refractivity contribution in [2.75, 3.05) is 13.7 Å². The zero-order valence-corrected chi connectivity index (χ0v) is 12.3. The van der Waals surface area contributed by atoms with Crippen LogP contribution in [0.15, 0.2) is 48.5 Å². The molecule has 3 rings (SSSR count). The molecule has 1 unspecified atom stereocenters. The Bertz CT molecular complexity index is 572. The van der Waals surface area contributed by atoms with E-state index in [2.05, 4.69) is 41.7 Å². The van der Waals surface area contributed by atoms with Gasteiger partial charge in [-0.15, -0.1) is 0 Å². The first-order chi connectivity index (χ1) is 10.4. The Balaban J connectivity index is 1.52. The maximum absolute atomic E-state index is 5.94. The summed E-state index contributed by atoms with van der Waals surface area (Å²) in [6.45, 7) is 2.36. The normalized spacial score (nSPS) is 16.5. The smallest absolute Gasteiger partial charge is 0.123 e. The average molecular weight is 283 g/mol. The molecule has 21 heavy (non-hydrogen) atoms. The highest BCUT2D eigenvalue weighted by atomic mass is 16.5. The number of fused-ring (bicyclic) bond motifs is 1. The van der Waals surface area contributed by atoms with Crippen LogP contribution in [-0.4, -0.2) is 19.8 Å². The Morgan fingerprint density at radius 3 is 2.67 bits per heavy atom. The standard InChI is InChI=1S/C18H21NO2/c1-20-13-16-8-3-2-7-15(16)11-19-12-17-10-14-6-4-5-9-18(14)21-17/h2-9,17,19H,10-13H2,1H3. The first-order valence-electron chi connectivity index (χ1n) is 7.38. The van der Waals surface area contributed by atoms with Crippen LogP contribution in [0.3, 0.4) is 0 Å². The molecule has 0 aliphatic carbocycles. The summed E-state index contributed by atoms with van der Waals surface area (Å²) < 4.78 is 11.2. The second kappa shape index (κ2) is 6.74. The summed E-state index contributed by atoms with van der Waals surface area (Å²) in [6, 6.07) is 16.7. The third-order valence-electron chi connectivity index (χ3n) is 3.82. The van der Waals surface area contributed by atoms with Gasteiger partial charge >= 0.3 is 0 Å². The van der Waals surface area contributed by atoms with E-state index < -0.39 is 0 Å². The van der Waals surface area contributed by atoms with Gasteiger partial charge in [-0.3, -0.25) is 0 Å². The minimum Gasteiger partial charge on any atom is -0.488 e. The number of hydrogen-bond acceptors (Lipinski definition) is 3. The van der Waals surface area contributed by atoms with E-state index >= 15 is 0 Å². The predicted molar refractivity (Wildman–Crippen MR) is 83.4 cm³/mol. The molecule has 0 saturated carbocycles. The zero-order valence-electron chi connectivity index (χ0n) is 12.3. The molecule has 0 saturated heterocycles. The largest absolute Gasteiger partial charge is 0.488 e. The zero-order chi connectivity index (χ0) is 14.5. The fraction of sp³-hybridized carbons (Fsp3) is 0.333. The molecule has 3 nitrogen and oxygen atoms in total. The van der Waals surface area contributed by atoms with Crippen LogP contribution in [0.25, 0.3) is 0 Å². The lowest BCUT2D eigenvalue weighted by Gasteiger charge is -2.13. The molecule has 1 aliphatic heterocycles. The maximum atomic E-state index is 5.94. The number of nitrogens with one attached hydrogen (secondary N) is 1. The van der Waals surface area contributed by atoms with E-state index in [1.54, 1.807) is 7.11 Å². The Morgan fingerprint density at radius 2 is 1.86 bits per heavy atom. The minimum atomic E-state index is 0.233. The van der Waals surface area contributed by atoms with Crippen LogP contribution in [0.2, 0.25) is 0 Å². The van der Waals surface area contributed by atoms with Crippen LogP contribution in [0.1, 0.15) is 16.7 Å². The van der Waals surface area contributed by atoms with E-state index in [1.165, 1.54) is 16.7 Å². The predicted octanol–water partition coefficient (Wildman–Crippen LogP) is 2.93. The van der Waals surface area contributed by atoms with Gasteiger partial charge < -0.3 is 14.8 Å². The number of rotatable bonds is 6. The van der Waals surface area contributed by atoms with Crippen LogP contribution in [0.5, 0.6) is 5.75 Å². The first-order valence-corrected chi connectivity index (χ1v) is 7.38. The Morgan fingerprint density at radius 1 is 1.10 bits per heavy atom. The number of hydrogen-bond donors (Lipinski definition) is 1. The van der Waals surface area contributed by atoms with Gasteiger partial charge in [-0.25, -0.2) is 0 Å². The first kappa shape index (κ1) is 14.1. The van der Waals surface area contributed by atoms with Crippen LogP contribution < -0.4 is 10.1 Å². The van der Waals surface area contributed by atoms with Crippen molar-refractivity contribution in [1.29, 1.82) is 0 Å². The van der Waals surface area contributed by atoms with E-state index in [9.17, 15) is 0 Å². The van der Waals surface area contributed by atoms with Crippen molar-refractivity contribution in [2.24, 2.45) is 0 Å². The molecule has 0 radical (unpaired) electrons. The van der Waals surface area contributed by atoms with E-state index in [0.29, 0.717) is 6.61 Å². The molecular weight excluding hydrogens is 262 g/mol. The van der Waals surface area contributed by atoms with Gasteiger partial charge in [0.25, 0.3) is 0 Å². The van der Waals surface area contributed by atoms with Gasteiger partial charge in [0.2, 0.25) is 0 Å². The van der Waals surface area contributed by atoms with Crippen LogP contribution in [-0.2, 0) is 24.3 Å². The van der Waals surface area contributed by atoms with Crippen molar-refractivity contribution in [3.05, 3.63) is 65.2 Å². The number of methoxy groups -OCH3 is 1. The molecule has 110 valence electrons. The molecular formula is C18H21NO2. The number of para-hydroxylation sites is 1. The quantitative estimate of drug-likeness (QED) is 0.884. The van der Waals surface area contributed by atoms with Crippen LogP contribution in [0.4, 0.5) is 0 Å². The molecule has 1 atom stereocenters. The van der Waals surface area contributed by atoms with Crippen LogP contribution >= 0.6 is 0 Å². The molecule has 1 aliphatic rings. The maximum Gasteiger partial charge on any atom is 0.123 e. The molecule has 0 fully saturated rings. The third kappa shape index (κ3) is 3.43. The summed E-state index contributed by atoms with van der Waals surface area (Å²) in [5, 5.41) is 3.50. The monoisotopic (exact) mass is 283 g/mol. The SMILES string of the molecule is COCc1ccccc1CNCC1Cc2ccccc2O1. The van der Waals surface area contributed by atoms with E-state index in [1.807, 2.05) is 12.1 Å². The molecule has 0 aromatic heterocycles. The van der Waals surface area contributed by atoms with Gasteiger partial charge in [0.05, 0.1) is 6.61 Å². The lowest BCUT2D eigenvalue weighted by Crippen LogP contribution is -2.30. The second-order valence-corrected chi connectivity index (χ2v) is 5.38. The van der Waals surface area contributed by atoms with Gasteiger partial charge in [-0.1, -0.05) is 42.5 Å². The highest BCUT2D eigenvalue weighted by Gasteiger charge is 2.21. The number of ether oxygens (including phenoxy) is 2. The summed E-state index contributed by atoms with van der Waals surface area (Å²) >= 11 is 0. The van der Waals surface area contributed by atoms with Crippen molar-refractivity contribution in [3.63, 3.8) is 0 Å². The summed E-state index contributed by atoms with van der Waals surface area (Å²) in [5.74, 6) is 1.03. The molecule has 0 bridgehead atoms. The third-order valence-corrected chi connectivity index (χ3v) is 3.82. The summed E-state index contributed by atoms with van der Waals surface area (Å²) in [4.78, 5) is 0. The number of benzene rings is 2. The van der Waals surface area contributed by atoms with Crippen molar-refractivity contribution in [1.82, 2.24) is 5.32 Å². The van der Waals surface area contributed by atoms with Gasteiger partial charge in [0.15, 0.2) is 0 Å². The fourth-order valence-corrected chi connectivity index (χ4v) is 2.76. The van der Waals surface area contributed by atoms with E-state index in [4.69, 9.17) is 9.47 Å². The topological polar surface area (TPSA) is 30.5 Å². The van der Waals surface area contributed by atoms with Gasteiger partial charge in [0.1, 0.15) is 11.9 Å². The van der Waals surface area contributed by atoms with Gasteiger partial charge in [0, 0.05) is 26.6 Å². The van der Waals surface area contributed by atoms with Crippen molar-refractivity contribution in [2.45, 2.75) is 25.7 Å². The molecule has 1 N–H and O–H groups in total. The Kier molecular flexibility index (Phi) is 4.53. The Labute approximate surface area is 125 Å². The summed E-state index contributed by atoms with van der Waals surface area (Å²) in [7, 11) is 1.73. The Hall–Kier alpha value is -1.84. The molecule has 0 amide bonds. The second-order valence-electron chi connectivity index (χ2n) is 5.38. The average Bonchev–Trinajstić information content (AvgIpc) is 2.92. The summed E-state index contributed by atoms with van der Waals surface area (Å²) in [5.41, 5.74) is 3.84. The minimum absolute atomic E-state index is 0.233. The van der Waals surface area contributed by atoms with Crippen molar-refractivity contribution >= 4 is 0 Å². The molecule has 2 aromatic rings. The lowest BCUT2D eigenvalue weighted by molar-refractivity contribution is 0.184. The van der Waals surface area contributed by atoms with Crippen molar-refractivity contribution in [3.8, 4) is 5.75 Å². The summed E-state index contributed by atoms with van der Waals surface area (Å²) in [6.07, 6.45) is 1.22.